The number of aliphatic hydroxyl groups is 1. The summed E-state index contributed by atoms with van der Waals surface area (Å²) in [4.78, 5) is 17.6. The minimum Gasteiger partial charge on any atom is -0.389 e. The molecule has 0 saturated carbocycles. The summed E-state index contributed by atoms with van der Waals surface area (Å²) in [7, 11) is 0. The smallest absolute Gasteiger partial charge is 0.270 e. The van der Waals surface area contributed by atoms with Crippen LogP contribution in [0.1, 0.15) is 39.3 Å². The maximum atomic E-state index is 13.0. The number of aliphatic hydroxyl groups excluding tert-OH is 1. The van der Waals surface area contributed by atoms with Crippen molar-refractivity contribution in [2.45, 2.75) is 38.0 Å². The van der Waals surface area contributed by atoms with Gasteiger partial charge in [0.05, 0.1) is 30.1 Å². The molecule has 2 atom stereocenters. The number of benzene rings is 1. The third-order valence-corrected chi connectivity index (χ3v) is 6.12. The van der Waals surface area contributed by atoms with Gasteiger partial charge in [-0.15, -0.1) is 0 Å². The topological polar surface area (TPSA) is 101 Å². The summed E-state index contributed by atoms with van der Waals surface area (Å²) in [5.74, 6) is -0.250. The van der Waals surface area contributed by atoms with Crippen molar-refractivity contribution < 1.29 is 14.6 Å². The van der Waals surface area contributed by atoms with Crippen LogP contribution in [0.25, 0.3) is 5.69 Å². The van der Waals surface area contributed by atoms with Gasteiger partial charge in [0.25, 0.3) is 5.91 Å². The molecule has 2 unspecified atom stereocenters. The van der Waals surface area contributed by atoms with E-state index in [4.69, 9.17) is 4.74 Å². The van der Waals surface area contributed by atoms with Gasteiger partial charge >= 0.3 is 0 Å². The molecule has 2 aliphatic rings. The molecule has 8 nitrogen and oxygen atoms in total. The van der Waals surface area contributed by atoms with Gasteiger partial charge in [-0.3, -0.25) is 4.79 Å². The largest absolute Gasteiger partial charge is 0.389 e. The highest BCUT2D eigenvalue weighted by Gasteiger charge is 2.27. The first-order valence-corrected chi connectivity index (χ1v) is 11.1. The van der Waals surface area contributed by atoms with Crippen molar-refractivity contribution >= 4 is 5.91 Å². The number of aromatic nitrogens is 3. The molecule has 1 amide bonds. The molecule has 2 aliphatic heterocycles. The Balaban J connectivity index is 1.39. The Bertz CT molecular complexity index is 1080. The van der Waals surface area contributed by atoms with Crippen LogP contribution in [0.15, 0.2) is 48.8 Å². The van der Waals surface area contributed by atoms with Gasteiger partial charge in [-0.25, -0.2) is 9.67 Å². The monoisotopic (exact) mass is 433 g/mol. The highest BCUT2D eigenvalue weighted by molar-refractivity contribution is 5.93. The molecule has 1 fully saturated rings. The van der Waals surface area contributed by atoms with Gasteiger partial charge in [0.15, 0.2) is 0 Å². The number of nitrogens with zero attached hydrogens (tertiary/aromatic N) is 3. The molecule has 166 valence electrons. The molecule has 32 heavy (non-hydrogen) atoms. The van der Waals surface area contributed by atoms with E-state index in [1.807, 2.05) is 23.0 Å². The van der Waals surface area contributed by atoms with Gasteiger partial charge in [-0.2, -0.15) is 5.10 Å². The van der Waals surface area contributed by atoms with Crippen LogP contribution in [-0.4, -0.2) is 57.7 Å². The van der Waals surface area contributed by atoms with Crippen LogP contribution in [0.2, 0.25) is 0 Å². The molecule has 5 rings (SSSR count). The third kappa shape index (κ3) is 4.43. The summed E-state index contributed by atoms with van der Waals surface area (Å²) in [6.45, 7) is 2.33. The second-order valence-corrected chi connectivity index (χ2v) is 8.32. The number of hydrogen-bond donors (Lipinski definition) is 3. The van der Waals surface area contributed by atoms with Crippen LogP contribution in [0.3, 0.4) is 0 Å². The van der Waals surface area contributed by atoms with Crippen LogP contribution in [0, 0.1) is 0 Å². The fraction of sp³-hybridized carbons (Fsp3) is 0.375. The van der Waals surface area contributed by atoms with Crippen LogP contribution in [-0.2, 0) is 24.1 Å². The van der Waals surface area contributed by atoms with Crippen molar-refractivity contribution in [3.05, 3.63) is 76.9 Å². The van der Waals surface area contributed by atoms with Gasteiger partial charge in [-0.1, -0.05) is 12.1 Å². The van der Waals surface area contributed by atoms with Gasteiger partial charge in [-0.05, 0) is 66.8 Å². The average molecular weight is 434 g/mol. The Labute approximate surface area is 186 Å². The Hall–Kier alpha value is -3.07. The number of hydrogen-bond acceptors (Lipinski definition) is 6. The van der Waals surface area contributed by atoms with Crippen LogP contribution < -0.4 is 10.6 Å². The first-order chi connectivity index (χ1) is 15.7. The lowest BCUT2D eigenvalue weighted by Gasteiger charge is -2.28. The molecule has 1 aromatic carbocycles. The number of ether oxygens (including phenoxy) is 1. The zero-order chi connectivity index (χ0) is 21.9. The number of fused-ring (bicyclic) bond motifs is 1. The van der Waals surface area contributed by atoms with Crippen molar-refractivity contribution in [2.24, 2.45) is 0 Å². The summed E-state index contributed by atoms with van der Waals surface area (Å²) >= 11 is 0. The van der Waals surface area contributed by atoms with Crippen LogP contribution in [0.5, 0.6) is 0 Å². The number of amides is 1. The first-order valence-electron chi connectivity index (χ1n) is 11.1. The van der Waals surface area contributed by atoms with E-state index in [2.05, 4.69) is 45.0 Å². The van der Waals surface area contributed by atoms with Gasteiger partial charge in [0.2, 0.25) is 0 Å². The van der Waals surface area contributed by atoms with E-state index in [0.29, 0.717) is 25.3 Å². The predicted molar refractivity (Wildman–Crippen MR) is 119 cm³/mol. The average Bonchev–Trinajstić information content (AvgIpc) is 3.36. The SMILES string of the molecule is O=C(NC1CCOCC1O)c1cc(Cc2ccc(-n3cccn3)cc2)c2c(n1)CNCC2. The van der Waals surface area contributed by atoms with Gasteiger partial charge in [0, 0.05) is 25.5 Å². The van der Waals surface area contributed by atoms with Crippen LogP contribution >= 0.6 is 0 Å². The number of pyridine rings is 1. The molecular weight excluding hydrogens is 406 g/mol. The zero-order valence-corrected chi connectivity index (χ0v) is 17.8. The molecule has 0 radical (unpaired) electrons. The number of rotatable bonds is 5. The molecule has 4 heterocycles. The normalized spacial score (nSPS) is 20.5. The van der Waals surface area contributed by atoms with E-state index in [-0.39, 0.29) is 18.6 Å². The van der Waals surface area contributed by atoms with E-state index in [1.54, 1.807) is 6.20 Å². The fourth-order valence-electron chi connectivity index (χ4n) is 4.37. The van der Waals surface area contributed by atoms with E-state index in [1.165, 1.54) is 11.1 Å². The summed E-state index contributed by atoms with van der Waals surface area (Å²) in [6.07, 6.45) is 5.20. The van der Waals surface area contributed by atoms with E-state index < -0.39 is 6.10 Å². The Kier molecular flexibility index (Phi) is 5.98. The maximum absolute atomic E-state index is 13.0. The highest BCUT2D eigenvalue weighted by Crippen LogP contribution is 2.23. The lowest BCUT2D eigenvalue weighted by molar-refractivity contribution is -0.0261. The molecule has 0 bridgehead atoms. The van der Waals surface area contributed by atoms with Crippen molar-refractivity contribution in [1.82, 2.24) is 25.4 Å². The first kappa shape index (κ1) is 20.8. The fourth-order valence-corrected chi connectivity index (χ4v) is 4.37. The van der Waals surface area contributed by atoms with Crippen molar-refractivity contribution in [3.8, 4) is 5.69 Å². The Morgan fingerprint density at radius 1 is 1.31 bits per heavy atom. The predicted octanol–water partition coefficient (Wildman–Crippen LogP) is 1.38. The molecule has 2 aromatic heterocycles. The lowest BCUT2D eigenvalue weighted by atomic mass is 9.94. The van der Waals surface area contributed by atoms with Gasteiger partial charge < -0.3 is 20.5 Å². The number of carbonyl (C=O) groups is 1. The van der Waals surface area contributed by atoms with Crippen molar-refractivity contribution in [2.75, 3.05) is 19.8 Å². The van der Waals surface area contributed by atoms with Crippen LogP contribution in [0.4, 0.5) is 0 Å². The number of carbonyl (C=O) groups excluding carboxylic acids is 1. The minimum atomic E-state index is -0.695. The molecule has 8 heteroatoms. The Morgan fingerprint density at radius 2 is 2.19 bits per heavy atom. The standard InChI is InChI=1S/C24H27N5O3/c30-23-15-32-11-7-20(23)28-24(31)21-13-17(19-6-9-25-14-22(19)27-21)12-16-2-4-18(5-3-16)29-10-1-8-26-29/h1-5,8,10,13,20,23,25,30H,6-7,9,11-12,14-15H2,(H,28,31). The van der Waals surface area contributed by atoms with E-state index in [0.717, 1.165) is 36.3 Å². The lowest BCUT2D eigenvalue weighted by Crippen LogP contribution is -2.49. The quantitative estimate of drug-likeness (QED) is 0.562. The van der Waals surface area contributed by atoms with E-state index >= 15 is 0 Å². The highest BCUT2D eigenvalue weighted by atomic mass is 16.5. The maximum Gasteiger partial charge on any atom is 0.270 e. The zero-order valence-electron chi connectivity index (χ0n) is 17.8. The minimum absolute atomic E-state index is 0.242. The summed E-state index contributed by atoms with van der Waals surface area (Å²) in [6, 6.07) is 11.8. The van der Waals surface area contributed by atoms with Gasteiger partial charge in [0.1, 0.15) is 5.69 Å². The van der Waals surface area contributed by atoms with Crippen molar-refractivity contribution in [1.29, 1.82) is 0 Å². The van der Waals surface area contributed by atoms with E-state index in [9.17, 15) is 9.90 Å². The second-order valence-electron chi connectivity index (χ2n) is 8.32. The second kappa shape index (κ2) is 9.20. The molecule has 1 saturated heterocycles. The summed E-state index contributed by atoms with van der Waals surface area (Å²) in [5.41, 5.74) is 5.85. The van der Waals surface area contributed by atoms with Crippen molar-refractivity contribution in [3.63, 3.8) is 0 Å². The molecule has 0 spiro atoms. The number of nitrogens with one attached hydrogen (secondary N) is 2. The molecule has 0 aliphatic carbocycles. The summed E-state index contributed by atoms with van der Waals surface area (Å²) < 4.78 is 7.09. The molecular formula is C24H27N5O3. The molecule has 3 aromatic rings. The third-order valence-electron chi connectivity index (χ3n) is 6.12. The Morgan fingerprint density at radius 3 is 2.97 bits per heavy atom. The summed E-state index contributed by atoms with van der Waals surface area (Å²) in [5, 5.41) is 20.7. The molecule has 3 N–H and O–H groups in total.